The highest BCUT2D eigenvalue weighted by Gasteiger charge is 2.52. The van der Waals surface area contributed by atoms with Gasteiger partial charge in [0.05, 0.1) is 13.7 Å². The molecule has 0 spiro atoms. The maximum Gasteiger partial charge on any atom is 0.266 e. The topological polar surface area (TPSA) is 101 Å². The summed E-state index contributed by atoms with van der Waals surface area (Å²) in [4.78, 5) is 19.2. The van der Waals surface area contributed by atoms with Crippen LogP contribution in [-0.4, -0.2) is 49.3 Å². The van der Waals surface area contributed by atoms with Gasteiger partial charge in [-0.15, -0.1) is 6.58 Å². The monoisotopic (exact) mass is 605 g/mol. The number of hydrogen-bond donors (Lipinski definition) is 3. The molecule has 1 heterocycles. The van der Waals surface area contributed by atoms with Gasteiger partial charge < -0.3 is 19.3 Å². The highest BCUT2D eigenvalue weighted by molar-refractivity contribution is 6.01. The molecular weight excluding hydrogens is 566 g/mol. The van der Waals surface area contributed by atoms with Crippen LogP contribution in [0.1, 0.15) is 47.1 Å². The first kappa shape index (κ1) is 31.5. The van der Waals surface area contributed by atoms with Gasteiger partial charge in [0.1, 0.15) is 11.5 Å². The van der Waals surface area contributed by atoms with E-state index in [1.807, 2.05) is 84.9 Å². The summed E-state index contributed by atoms with van der Waals surface area (Å²) in [7, 11) is 1.60. The predicted molar refractivity (Wildman–Crippen MR) is 175 cm³/mol. The lowest BCUT2D eigenvalue weighted by atomic mass is 9.84. The molecule has 4 aromatic rings. The van der Waals surface area contributed by atoms with Crippen molar-refractivity contribution in [1.29, 1.82) is 0 Å². The van der Waals surface area contributed by atoms with Crippen molar-refractivity contribution in [2.45, 2.75) is 30.4 Å². The number of ether oxygens (including phenoxy) is 3. The maximum absolute atomic E-state index is 14.2. The molecule has 0 bridgehead atoms. The third-order valence-corrected chi connectivity index (χ3v) is 7.79. The van der Waals surface area contributed by atoms with Crippen molar-refractivity contribution < 1.29 is 24.1 Å². The second-order valence-electron chi connectivity index (χ2n) is 10.8. The maximum atomic E-state index is 14.2. The van der Waals surface area contributed by atoms with Crippen LogP contribution >= 0.6 is 0 Å². The van der Waals surface area contributed by atoms with Crippen LogP contribution < -0.4 is 20.3 Å². The molecular formula is C37H39N3O5. The average molecular weight is 606 g/mol. The molecule has 0 unspecified atom stereocenters. The van der Waals surface area contributed by atoms with E-state index in [-0.39, 0.29) is 24.9 Å². The molecule has 0 fully saturated rings. The van der Waals surface area contributed by atoms with Crippen molar-refractivity contribution in [2.24, 2.45) is 4.99 Å². The van der Waals surface area contributed by atoms with Crippen molar-refractivity contribution in [2.75, 3.05) is 26.9 Å². The molecule has 0 saturated carbocycles. The minimum absolute atomic E-state index is 0.00855. The third kappa shape index (κ3) is 7.42. The van der Waals surface area contributed by atoms with Crippen LogP contribution in [0.5, 0.6) is 11.5 Å². The van der Waals surface area contributed by atoms with E-state index in [1.165, 1.54) is 0 Å². The number of amides is 1. The lowest BCUT2D eigenvalue weighted by Gasteiger charge is -2.30. The van der Waals surface area contributed by atoms with Crippen molar-refractivity contribution in [3.63, 3.8) is 0 Å². The van der Waals surface area contributed by atoms with Crippen LogP contribution in [0.2, 0.25) is 0 Å². The van der Waals surface area contributed by atoms with Crippen LogP contribution in [0.25, 0.3) is 0 Å². The Bertz CT molecular complexity index is 1540. The lowest BCUT2D eigenvalue weighted by Crippen LogP contribution is -2.53. The van der Waals surface area contributed by atoms with E-state index in [9.17, 15) is 4.79 Å². The van der Waals surface area contributed by atoms with Crippen LogP contribution in [0.4, 0.5) is 0 Å². The second kappa shape index (κ2) is 15.2. The van der Waals surface area contributed by atoms with Gasteiger partial charge in [0, 0.05) is 37.5 Å². The van der Waals surface area contributed by atoms with E-state index in [0.29, 0.717) is 42.5 Å². The highest BCUT2D eigenvalue weighted by atomic mass is 16.5. The molecule has 0 radical (unpaired) electrons. The number of aliphatic hydroxyl groups is 1. The number of hydrazine groups is 1. The van der Waals surface area contributed by atoms with Gasteiger partial charge in [-0.05, 0) is 53.1 Å². The number of carbonyl (C=O) groups excluding carboxylic acids is 1. The molecule has 232 valence electrons. The van der Waals surface area contributed by atoms with Crippen LogP contribution in [0.3, 0.4) is 0 Å². The number of nitrogens with zero attached hydrogens (tertiary/aromatic N) is 1. The van der Waals surface area contributed by atoms with Crippen molar-refractivity contribution >= 4 is 11.8 Å². The molecule has 0 aromatic heterocycles. The Labute approximate surface area is 264 Å². The van der Waals surface area contributed by atoms with Gasteiger partial charge >= 0.3 is 0 Å². The number of rotatable bonds is 15. The predicted octanol–water partition coefficient (Wildman–Crippen LogP) is 5.74. The van der Waals surface area contributed by atoms with E-state index in [0.717, 1.165) is 16.7 Å². The van der Waals surface area contributed by atoms with Gasteiger partial charge in [0.15, 0.2) is 11.6 Å². The van der Waals surface area contributed by atoms with Gasteiger partial charge in [-0.3, -0.25) is 10.2 Å². The molecule has 2 atom stereocenters. The van der Waals surface area contributed by atoms with E-state index < -0.39 is 11.6 Å². The summed E-state index contributed by atoms with van der Waals surface area (Å²) < 4.78 is 17.7. The van der Waals surface area contributed by atoms with E-state index in [4.69, 9.17) is 24.3 Å². The number of hydrogen-bond acceptors (Lipinski definition) is 7. The third-order valence-electron chi connectivity index (χ3n) is 7.79. The van der Waals surface area contributed by atoms with Crippen molar-refractivity contribution in [1.82, 2.24) is 10.9 Å². The summed E-state index contributed by atoms with van der Waals surface area (Å²) in [6, 6.07) is 35.2. The average Bonchev–Trinajstić information content (AvgIpc) is 3.48. The fraction of sp³-hybridized carbons (Fsp3) is 0.243. The van der Waals surface area contributed by atoms with E-state index in [1.54, 1.807) is 13.2 Å². The molecule has 8 nitrogen and oxygen atoms in total. The first-order valence-corrected chi connectivity index (χ1v) is 15.1. The zero-order chi connectivity index (χ0) is 31.5. The first-order valence-electron chi connectivity index (χ1n) is 15.1. The summed E-state index contributed by atoms with van der Waals surface area (Å²) in [5.41, 5.74) is 8.55. The zero-order valence-electron chi connectivity index (χ0n) is 25.4. The minimum Gasteiger partial charge on any atom is -0.497 e. The fourth-order valence-electron chi connectivity index (χ4n) is 5.48. The summed E-state index contributed by atoms with van der Waals surface area (Å²) in [5.74, 6) is 1.32. The molecule has 0 saturated heterocycles. The van der Waals surface area contributed by atoms with Crippen LogP contribution in [0.15, 0.2) is 127 Å². The molecule has 4 aromatic carbocycles. The molecule has 1 amide bonds. The number of aliphatic hydroxyl groups excluding tert-OH is 1. The molecule has 1 aliphatic heterocycles. The number of carbonyl (C=O) groups is 1. The standard InChI is InChI=1S/C37H39N3O5/c1-3-22-37(36(42)40-38-26-33(27-12-6-4-7-13-27)28-14-8-5-9-15-28)34(30-16-10-17-32(25-30)43-2)45-35(39-37)29-18-20-31(21-19-29)44-24-11-23-41/h3-10,12-21,25,33-34,38,41H,1,11,22-24,26H2,2H3,(H,40,42)/t34-,37-/m0/s1. The largest absolute Gasteiger partial charge is 0.497 e. The van der Waals surface area contributed by atoms with E-state index >= 15 is 0 Å². The Kier molecular flexibility index (Phi) is 10.6. The smallest absolute Gasteiger partial charge is 0.266 e. The fourth-order valence-corrected chi connectivity index (χ4v) is 5.48. The van der Waals surface area contributed by atoms with Gasteiger partial charge in [-0.25, -0.2) is 10.4 Å². The molecule has 3 N–H and O–H groups in total. The Morgan fingerprint density at radius 3 is 2.29 bits per heavy atom. The van der Waals surface area contributed by atoms with Gasteiger partial charge in [-0.1, -0.05) is 78.9 Å². The number of aliphatic imine (C=N–C) groups is 1. The number of nitrogens with one attached hydrogen (secondary N) is 2. The Morgan fingerprint density at radius 1 is 0.978 bits per heavy atom. The Morgan fingerprint density at radius 2 is 1.67 bits per heavy atom. The van der Waals surface area contributed by atoms with Crippen molar-refractivity contribution in [3.05, 3.63) is 144 Å². The first-order chi connectivity index (χ1) is 22.1. The molecule has 45 heavy (non-hydrogen) atoms. The van der Waals surface area contributed by atoms with E-state index in [2.05, 4.69) is 41.7 Å². The second-order valence-corrected chi connectivity index (χ2v) is 10.8. The van der Waals surface area contributed by atoms with Gasteiger partial charge in [0.2, 0.25) is 5.90 Å². The highest BCUT2D eigenvalue weighted by Crippen LogP contribution is 2.43. The quantitative estimate of drug-likeness (QED) is 0.0908. The summed E-state index contributed by atoms with van der Waals surface area (Å²) in [5, 5.41) is 9.04. The zero-order valence-corrected chi connectivity index (χ0v) is 25.4. The Balaban J connectivity index is 1.43. The van der Waals surface area contributed by atoms with Crippen LogP contribution in [0, 0.1) is 0 Å². The summed E-state index contributed by atoms with van der Waals surface area (Å²) >= 11 is 0. The normalized spacial score (nSPS) is 17.3. The van der Waals surface area contributed by atoms with Crippen LogP contribution in [-0.2, 0) is 9.53 Å². The van der Waals surface area contributed by atoms with Gasteiger partial charge in [-0.2, -0.15) is 0 Å². The molecule has 8 heteroatoms. The minimum atomic E-state index is -1.35. The SMILES string of the molecule is C=CC[C@]1(C(=O)NNCC(c2ccccc2)c2ccccc2)N=C(c2ccc(OCCCO)cc2)O[C@H]1c1cccc(OC)c1. The molecule has 0 aliphatic carbocycles. The van der Waals surface area contributed by atoms with Gasteiger partial charge in [0.25, 0.3) is 5.91 Å². The summed E-state index contributed by atoms with van der Waals surface area (Å²) in [6.45, 7) is 4.90. The molecule has 1 aliphatic rings. The lowest BCUT2D eigenvalue weighted by molar-refractivity contribution is -0.129. The number of benzene rings is 4. The summed E-state index contributed by atoms with van der Waals surface area (Å²) in [6.07, 6.45) is 1.72. The van der Waals surface area contributed by atoms with Crippen molar-refractivity contribution in [3.8, 4) is 11.5 Å². The molecule has 5 rings (SSSR count). The Hall–Kier alpha value is -4.92. The number of methoxy groups -OCH3 is 1.